The second kappa shape index (κ2) is 12.1. The lowest BCUT2D eigenvalue weighted by atomic mass is 9.84. The molecule has 1 unspecified atom stereocenters. The van der Waals surface area contributed by atoms with Crippen molar-refractivity contribution in [2.75, 3.05) is 43.9 Å². The van der Waals surface area contributed by atoms with Crippen molar-refractivity contribution in [2.24, 2.45) is 5.92 Å². The zero-order valence-corrected chi connectivity index (χ0v) is 25.9. The van der Waals surface area contributed by atoms with Gasteiger partial charge in [-0.25, -0.2) is 22.2 Å². The molecule has 6 rings (SSSR count). The minimum absolute atomic E-state index is 0.00565. The Morgan fingerprint density at radius 3 is 2.37 bits per heavy atom. The monoisotopic (exact) mass is 665 g/mol. The summed E-state index contributed by atoms with van der Waals surface area (Å²) < 4.78 is 108. The van der Waals surface area contributed by atoms with Gasteiger partial charge in [0.2, 0.25) is 15.9 Å². The number of piperazine rings is 1. The average molecular weight is 666 g/mol. The minimum atomic E-state index is -4.97. The van der Waals surface area contributed by atoms with E-state index in [-0.39, 0.29) is 66.9 Å². The number of pyridine rings is 1. The van der Waals surface area contributed by atoms with Crippen molar-refractivity contribution in [3.63, 3.8) is 0 Å². The van der Waals surface area contributed by atoms with Crippen molar-refractivity contribution in [3.8, 4) is 17.0 Å². The van der Waals surface area contributed by atoms with Crippen LogP contribution in [0.4, 0.5) is 27.6 Å². The first-order valence-electron chi connectivity index (χ1n) is 14.9. The molecule has 2 fully saturated rings. The van der Waals surface area contributed by atoms with Crippen molar-refractivity contribution in [1.82, 2.24) is 9.29 Å². The van der Waals surface area contributed by atoms with Crippen LogP contribution in [0.5, 0.6) is 5.88 Å². The highest BCUT2D eigenvalue weighted by Gasteiger charge is 2.48. The predicted molar refractivity (Wildman–Crippen MR) is 159 cm³/mol. The lowest BCUT2D eigenvalue weighted by Crippen LogP contribution is -2.48. The van der Waals surface area contributed by atoms with E-state index in [4.69, 9.17) is 9.47 Å². The lowest BCUT2D eigenvalue weighted by molar-refractivity contribution is -0.148. The Bertz CT molecular complexity index is 1780. The molecule has 0 radical (unpaired) electrons. The molecule has 0 spiro atoms. The van der Waals surface area contributed by atoms with Crippen LogP contribution < -0.4 is 9.64 Å². The van der Waals surface area contributed by atoms with Crippen molar-refractivity contribution in [1.29, 1.82) is 0 Å². The zero-order valence-electron chi connectivity index (χ0n) is 25.1. The maximum Gasteiger partial charge on any atom is 0.417 e. The highest BCUT2D eigenvalue weighted by Crippen LogP contribution is 2.56. The molecule has 2 heterocycles. The third-order valence-corrected chi connectivity index (χ3v) is 10.4. The van der Waals surface area contributed by atoms with Gasteiger partial charge in [-0.3, -0.25) is 4.79 Å². The third-order valence-electron chi connectivity index (χ3n) is 9.12. The second-order valence-corrected chi connectivity index (χ2v) is 13.9. The fourth-order valence-electron chi connectivity index (χ4n) is 6.88. The van der Waals surface area contributed by atoms with E-state index in [1.54, 1.807) is 24.1 Å². The molecular formula is C32H32F5N3O5S. The number of hydrogen-bond acceptors (Lipinski definition) is 7. The van der Waals surface area contributed by atoms with E-state index in [9.17, 15) is 26.4 Å². The Labute approximate surface area is 263 Å². The van der Waals surface area contributed by atoms with Crippen LogP contribution in [-0.4, -0.2) is 62.7 Å². The SMILES string of the molecule is CCOC(=O)[C@H]1CC2C[C@@H]1c1cnc(OCc3cc(-c4ccc(N5CCN(S(C)(=O)=O)CC5)cc4F)c(C(F)(F)F)cc3F)cc12. The molecule has 14 heteroatoms. The van der Waals surface area contributed by atoms with E-state index in [2.05, 4.69) is 4.98 Å². The van der Waals surface area contributed by atoms with Gasteiger partial charge < -0.3 is 14.4 Å². The number of aromatic nitrogens is 1. The fraction of sp³-hybridized carbons (Fsp3) is 0.438. The van der Waals surface area contributed by atoms with Crippen LogP contribution in [0.1, 0.15) is 53.9 Å². The summed E-state index contributed by atoms with van der Waals surface area (Å²) in [7, 11) is -3.38. The van der Waals surface area contributed by atoms with E-state index in [1.807, 2.05) is 0 Å². The number of anilines is 1. The molecule has 46 heavy (non-hydrogen) atoms. The van der Waals surface area contributed by atoms with E-state index in [1.165, 1.54) is 16.4 Å². The normalized spacial score (nSPS) is 21.4. The maximum absolute atomic E-state index is 15.5. The number of rotatable bonds is 8. The van der Waals surface area contributed by atoms with E-state index >= 15 is 8.78 Å². The first-order valence-corrected chi connectivity index (χ1v) is 16.8. The quantitative estimate of drug-likeness (QED) is 0.220. The first-order chi connectivity index (χ1) is 21.7. The van der Waals surface area contributed by atoms with Gasteiger partial charge in [-0.05, 0) is 78.6 Å². The van der Waals surface area contributed by atoms with Crippen molar-refractivity contribution >= 4 is 21.7 Å². The van der Waals surface area contributed by atoms with Gasteiger partial charge in [-0.15, -0.1) is 0 Å². The Morgan fingerprint density at radius 2 is 1.72 bits per heavy atom. The molecule has 2 bridgehead atoms. The Hall–Kier alpha value is -3.78. The molecule has 0 amide bonds. The van der Waals surface area contributed by atoms with Gasteiger partial charge in [-0.1, -0.05) is 0 Å². The summed E-state index contributed by atoms with van der Waals surface area (Å²) in [5.41, 5.74) is -0.152. The topological polar surface area (TPSA) is 89.0 Å². The highest BCUT2D eigenvalue weighted by atomic mass is 32.2. The maximum atomic E-state index is 15.5. The largest absolute Gasteiger partial charge is 0.473 e. The first kappa shape index (κ1) is 32.2. The number of ether oxygens (including phenoxy) is 2. The molecule has 0 N–H and O–H groups in total. The van der Waals surface area contributed by atoms with Gasteiger partial charge >= 0.3 is 12.1 Å². The van der Waals surface area contributed by atoms with Gasteiger partial charge in [-0.2, -0.15) is 17.5 Å². The molecule has 8 nitrogen and oxygen atoms in total. The van der Waals surface area contributed by atoms with Gasteiger partial charge in [0, 0.05) is 55.3 Å². The number of carbonyl (C=O) groups is 1. The van der Waals surface area contributed by atoms with Gasteiger partial charge in [0.05, 0.1) is 24.3 Å². The van der Waals surface area contributed by atoms with Crippen molar-refractivity contribution in [2.45, 2.75) is 44.4 Å². The van der Waals surface area contributed by atoms with E-state index in [0.717, 1.165) is 35.9 Å². The fourth-order valence-corrected chi connectivity index (χ4v) is 7.71. The molecule has 1 aromatic heterocycles. The summed E-state index contributed by atoms with van der Waals surface area (Å²) in [5.74, 6) is -2.29. The molecule has 1 aliphatic heterocycles. The summed E-state index contributed by atoms with van der Waals surface area (Å²) in [5, 5.41) is 0. The van der Waals surface area contributed by atoms with Gasteiger partial charge in [0.15, 0.2) is 0 Å². The van der Waals surface area contributed by atoms with Crippen LogP contribution in [-0.2, 0) is 32.3 Å². The molecule has 1 saturated heterocycles. The van der Waals surface area contributed by atoms with Gasteiger partial charge in [0.25, 0.3) is 0 Å². The number of benzene rings is 2. The summed E-state index contributed by atoms with van der Waals surface area (Å²) >= 11 is 0. The summed E-state index contributed by atoms with van der Waals surface area (Å²) in [6, 6.07) is 6.78. The number of carbonyl (C=O) groups excluding carboxylic acids is 1. The molecule has 2 aliphatic carbocycles. The van der Waals surface area contributed by atoms with Crippen LogP contribution in [0.15, 0.2) is 42.6 Å². The number of nitrogens with zero attached hydrogens (tertiary/aromatic N) is 3. The Morgan fingerprint density at radius 1 is 0.978 bits per heavy atom. The minimum Gasteiger partial charge on any atom is -0.473 e. The number of esters is 1. The molecule has 3 aliphatic rings. The molecule has 2 aromatic carbocycles. The second-order valence-electron chi connectivity index (χ2n) is 11.9. The molecule has 3 atom stereocenters. The predicted octanol–water partition coefficient (Wildman–Crippen LogP) is 5.86. The summed E-state index contributed by atoms with van der Waals surface area (Å²) in [4.78, 5) is 18.4. The Kier molecular flexibility index (Phi) is 8.47. The van der Waals surface area contributed by atoms with E-state index < -0.39 is 45.6 Å². The Balaban J connectivity index is 1.22. The number of alkyl halides is 3. The van der Waals surface area contributed by atoms with Crippen molar-refractivity contribution < 1.29 is 44.6 Å². The van der Waals surface area contributed by atoms with Crippen LogP contribution in [0.25, 0.3) is 11.1 Å². The standard InChI is InChI=1S/C32H32F5N3O5S/c1-3-44-31(41)25-11-18-10-23(25)26-16-38-30(14-22(18)26)45-17-19-12-24(27(15-28(19)33)32(35,36)37)21-5-4-20(13-29(21)34)39-6-8-40(9-7-39)46(2,42)43/h4-5,12-16,18,23,25H,3,6-11,17H2,1-2H3/t18?,23-,25-/m0/s1. The van der Waals surface area contributed by atoms with Crippen molar-refractivity contribution in [3.05, 3.63) is 76.5 Å². The van der Waals surface area contributed by atoms with E-state index in [0.29, 0.717) is 24.8 Å². The van der Waals surface area contributed by atoms with Crippen LogP contribution in [0, 0.1) is 17.6 Å². The number of halogens is 5. The lowest BCUT2D eigenvalue weighted by Gasteiger charge is -2.34. The molecular weight excluding hydrogens is 633 g/mol. The summed E-state index contributed by atoms with van der Waals surface area (Å²) in [6.45, 7) is 2.55. The highest BCUT2D eigenvalue weighted by molar-refractivity contribution is 7.88. The molecule has 1 saturated carbocycles. The van der Waals surface area contributed by atoms with Crippen LogP contribution in [0.2, 0.25) is 0 Å². The zero-order chi connectivity index (χ0) is 33.0. The number of sulfonamides is 1. The van der Waals surface area contributed by atoms with Gasteiger partial charge in [0.1, 0.15) is 18.2 Å². The molecule has 246 valence electrons. The average Bonchev–Trinajstić information content (AvgIpc) is 3.60. The smallest absolute Gasteiger partial charge is 0.417 e. The third kappa shape index (κ3) is 6.16. The molecule has 3 aromatic rings. The van der Waals surface area contributed by atoms with Crippen LogP contribution in [0.3, 0.4) is 0 Å². The number of hydrogen-bond donors (Lipinski definition) is 0. The van der Waals surface area contributed by atoms with Crippen LogP contribution >= 0.6 is 0 Å². The summed E-state index contributed by atoms with van der Waals surface area (Å²) in [6.07, 6.45) is -0.829. The number of fused-ring (bicyclic) bond motifs is 5.